The van der Waals surface area contributed by atoms with Gasteiger partial charge in [-0.3, -0.25) is 14.4 Å². The van der Waals surface area contributed by atoms with Crippen LogP contribution in [0.15, 0.2) is 35.8 Å². The molecule has 1 N–H and O–H groups in total. The Morgan fingerprint density at radius 2 is 2.28 bits per heavy atom. The lowest BCUT2D eigenvalue weighted by Gasteiger charge is -2.23. The van der Waals surface area contributed by atoms with Crippen LogP contribution in [-0.2, 0) is 13.6 Å². The number of rotatable bonds is 5. The SMILES string of the molecule is CN=C(NCC(C)Cn1cccn1)N1CCC(c2cnn(C)c2)C1.I. The molecule has 25 heavy (non-hydrogen) atoms. The van der Waals surface area contributed by atoms with Gasteiger partial charge >= 0.3 is 0 Å². The van der Waals surface area contributed by atoms with E-state index in [9.17, 15) is 0 Å². The minimum absolute atomic E-state index is 0. The first-order chi connectivity index (χ1) is 11.7. The van der Waals surface area contributed by atoms with Crippen LogP contribution in [0.5, 0.6) is 0 Å². The zero-order chi connectivity index (χ0) is 16.9. The Kier molecular flexibility index (Phi) is 7.27. The fourth-order valence-electron chi connectivity index (χ4n) is 3.27. The maximum Gasteiger partial charge on any atom is 0.193 e. The molecule has 2 aromatic rings. The first kappa shape index (κ1) is 19.7. The standard InChI is InChI=1S/C17H27N7.HI/c1-14(11-24-7-4-6-20-24)9-19-17(18-2)23-8-5-15(13-23)16-10-21-22(3)12-16;/h4,6-7,10,12,14-15H,5,8-9,11,13H2,1-3H3,(H,18,19);1H. The molecule has 3 rings (SSSR count). The second-order valence-electron chi connectivity index (χ2n) is 6.64. The summed E-state index contributed by atoms with van der Waals surface area (Å²) in [4.78, 5) is 6.81. The predicted octanol–water partition coefficient (Wildman–Crippen LogP) is 1.94. The summed E-state index contributed by atoms with van der Waals surface area (Å²) in [6, 6.07) is 1.96. The van der Waals surface area contributed by atoms with Crippen LogP contribution >= 0.6 is 24.0 Å². The molecule has 0 amide bonds. The molecule has 1 saturated heterocycles. The van der Waals surface area contributed by atoms with Crippen molar-refractivity contribution in [3.05, 3.63) is 36.4 Å². The molecule has 3 heterocycles. The Labute approximate surface area is 166 Å². The Balaban J connectivity index is 0.00000225. The second-order valence-corrected chi connectivity index (χ2v) is 6.64. The van der Waals surface area contributed by atoms with Gasteiger partial charge in [-0.1, -0.05) is 6.92 Å². The number of hydrogen-bond donors (Lipinski definition) is 1. The largest absolute Gasteiger partial charge is 0.356 e. The number of aryl methyl sites for hydroxylation is 1. The van der Waals surface area contributed by atoms with Gasteiger partial charge in [0.25, 0.3) is 0 Å². The van der Waals surface area contributed by atoms with Crippen LogP contribution in [0.2, 0.25) is 0 Å². The predicted molar refractivity (Wildman–Crippen MR) is 110 cm³/mol. The van der Waals surface area contributed by atoms with E-state index in [1.54, 1.807) is 0 Å². The number of guanidine groups is 1. The molecule has 138 valence electrons. The zero-order valence-corrected chi connectivity index (χ0v) is 17.5. The summed E-state index contributed by atoms with van der Waals surface area (Å²) >= 11 is 0. The maximum atomic E-state index is 4.46. The topological polar surface area (TPSA) is 63.3 Å². The van der Waals surface area contributed by atoms with Crippen molar-refractivity contribution in [1.82, 2.24) is 29.8 Å². The number of nitrogens with zero attached hydrogens (tertiary/aromatic N) is 6. The van der Waals surface area contributed by atoms with Crippen molar-refractivity contribution in [2.45, 2.75) is 25.8 Å². The van der Waals surface area contributed by atoms with Gasteiger partial charge in [-0.2, -0.15) is 10.2 Å². The third kappa shape index (κ3) is 5.20. The fourth-order valence-corrected chi connectivity index (χ4v) is 3.27. The van der Waals surface area contributed by atoms with Crippen LogP contribution in [0, 0.1) is 5.92 Å². The summed E-state index contributed by atoms with van der Waals surface area (Å²) < 4.78 is 3.85. The van der Waals surface area contributed by atoms with Crippen molar-refractivity contribution in [1.29, 1.82) is 0 Å². The van der Waals surface area contributed by atoms with Crippen molar-refractivity contribution in [3.8, 4) is 0 Å². The van der Waals surface area contributed by atoms with Gasteiger partial charge < -0.3 is 10.2 Å². The highest BCUT2D eigenvalue weighted by molar-refractivity contribution is 14.0. The van der Waals surface area contributed by atoms with Crippen LogP contribution in [0.1, 0.15) is 24.8 Å². The van der Waals surface area contributed by atoms with Crippen LogP contribution in [0.4, 0.5) is 0 Å². The summed E-state index contributed by atoms with van der Waals surface area (Å²) in [7, 11) is 3.83. The van der Waals surface area contributed by atoms with Crippen LogP contribution < -0.4 is 5.32 Å². The van der Waals surface area contributed by atoms with Gasteiger partial charge in [0.1, 0.15) is 0 Å². The molecule has 1 aliphatic rings. The Hall–Kier alpha value is -1.58. The number of hydrogen-bond acceptors (Lipinski definition) is 3. The molecule has 0 bridgehead atoms. The lowest BCUT2D eigenvalue weighted by molar-refractivity contribution is 0.425. The average molecular weight is 457 g/mol. The van der Waals surface area contributed by atoms with Gasteiger partial charge in [-0.15, -0.1) is 24.0 Å². The lowest BCUT2D eigenvalue weighted by Crippen LogP contribution is -2.42. The van der Waals surface area contributed by atoms with Crippen molar-refractivity contribution in [3.63, 3.8) is 0 Å². The lowest BCUT2D eigenvalue weighted by atomic mass is 10.0. The minimum atomic E-state index is 0. The first-order valence-electron chi connectivity index (χ1n) is 8.57. The number of likely N-dealkylation sites (tertiary alicyclic amines) is 1. The molecule has 0 spiro atoms. The van der Waals surface area contributed by atoms with E-state index in [1.165, 1.54) is 5.56 Å². The summed E-state index contributed by atoms with van der Waals surface area (Å²) in [5.74, 6) is 2.02. The van der Waals surface area contributed by atoms with Crippen LogP contribution in [0.3, 0.4) is 0 Å². The molecule has 0 aliphatic carbocycles. The van der Waals surface area contributed by atoms with Gasteiger partial charge in [0.05, 0.1) is 6.20 Å². The molecular formula is C17H28IN7. The summed E-state index contributed by atoms with van der Waals surface area (Å²) in [5, 5.41) is 12.1. The Morgan fingerprint density at radius 1 is 1.44 bits per heavy atom. The molecule has 8 heteroatoms. The van der Waals surface area contributed by atoms with Gasteiger partial charge in [0, 0.05) is 64.8 Å². The summed E-state index contributed by atoms with van der Waals surface area (Å²) in [6.07, 6.45) is 9.08. The Bertz CT molecular complexity index is 664. The quantitative estimate of drug-likeness (QED) is 0.424. The van der Waals surface area contributed by atoms with E-state index in [-0.39, 0.29) is 24.0 Å². The van der Waals surface area contributed by atoms with E-state index in [0.29, 0.717) is 11.8 Å². The molecule has 2 unspecified atom stereocenters. The molecule has 2 atom stereocenters. The normalized spacial score (nSPS) is 18.9. The minimum Gasteiger partial charge on any atom is -0.356 e. The van der Waals surface area contributed by atoms with Crippen molar-refractivity contribution in [2.24, 2.45) is 18.0 Å². The molecular weight excluding hydrogens is 429 g/mol. The van der Waals surface area contributed by atoms with Gasteiger partial charge in [-0.25, -0.2) is 0 Å². The second kappa shape index (κ2) is 9.21. The van der Waals surface area contributed by atoms with Crippen molar-refractivity contribution < 1.29 is 0 Å². The molecule has 0 aromatic carbocycles. The third-order valence-electron chi connectivity index (χ3n) is 4.56. The van der Waals surface area contributed by atoms with Gasteiger partial charge in [0.15, 0.2) is 5.96 Å². The highest BCUT2D eigenvalue weighted by atomic mass is 127. The number of aliphatic imine (C=N–C) groups is 1. The number of halogens is 1. The summed E-state index contributed by atoms with van der Waals surface area (Å²) in [5.41, 5.74) is 1.32. The average Bonchev–Trinajstić information content (AvgIpc) is 3.29. The maximum absolute atomic E-state index is 4.46. The van der Waals surface area contributed by atoms with Crippen LogP contribution in [0.25, 0.3) is 0 Å². The smallest absolute Gasteiger partial charge is 0.193 e. The van der Waals surface area contributed by atoms with E-state index in [1.807, 2.05) is 48.1 Å². The fraction of sp³-hybridized carbons (Fsp3) is 0.588. The monoisotopic (exact) mass is 457 g/mol. The van der Waals surface area contributed by atoms with E-state index in [2.05, 4.69) is 38.5 Å². The molecule has 1 aliphatic heterocycles. The van der Waals surface area contributed by atoms with E-state index >= 15 is 0 Å². The van der Waals surface area contributed by atoms with Gasteiger partial charge in [0.2, 0.25) is 0 Å². The van der Waals surface area contributed by atoms with Crippen molar-refractivity contribution in [2.75, 3.05) is 26.7 Å². The third-order valence-corrected chi connectivity index (χ3v) is 4.56. The van der Waals surface area contributed by atoms with Gasteiger partial charge in [-0.05, 0) is 24.0 Å². The number of aromatic nitrogens is 4. The van der Waals surface area contributed by atoms with E-state index < -0.39 is 0 Å². The molecule has 7 nitrogen and oxygen atoms in total. The molecule has 2 aromatic heterocycles. The van der Waals surface area contributed by atoms with E-state index in [0.717, 1.165) is 38.6 Å². The summed E-state index contributed by atoms with van der Waals surface area (Å²) in [6.45, 7) is 6.06. The zero-order valence-electron chi connectivity index (χ0n) is 15.2. The van der Waals surface area contributed by atoms with E-state index in [4.69, 9.17) is 0 Å². The highest BCUT2D eigenvalue weighted by Gasteiger charge is 2.26. The highest BCUT2D eigenvalue weighted by Crippen LogP contribution is 2.26. The van der Waals surface area contributed by atoms with Crippen molar-refractivity contribution >= 4 is 29.9 Å². The molecule has 1 fully saturated rings. The number of nitrogens with one attached hydrogen (secondary N) is 1. The molecule has 0 saturated carbocycles. The Morgan fingerprint density at radius 3 is 2.92 bits per heavy atom. The first-order valence-corrected chi connectivity index (χ1v) is 8.57. The van der Waals surface area contributed by atoms with Crippen LogP contribution in [-0.4, -0.2) is 57.1 Å². The molecule has 0 radical (unpaired) electrons.